The zero-order valence-electron chi connectivity index (χ0n) is 22.2. The molecule has 1 aromatic heterocycles. The highest BCUT2D eigenvalue weighted by Gasteiger charge is 2.34. The summed E-state index contributed by atoms with van der Waals surface area (Å²) in [5.74, 6) is -3.41. The molecule has 8 nitrogen and oxygen atoms in total. The zero-order valence-corrected chi connectivity index (χ0v) is 24.6. The summed E-state index contributed by atoms with van der Waals surface area (Å²) in [6.07, 6.45) is 3.33. The van der Waals surface area contributed by atoms with Crippen LogP contribution in [0, 0.1) is 5.82 Å². The van der Waals surface area contributed by atoms with Crippen molar-refractivity contribution in [2.24, 2.45) is 0 Å². The zero-order chi connectivity index (χ0) is 29.1. The SMILES string of the molecule is O=C(Cc1ccc(N2C(=O)Cc3cc(NCCN4CCCCC4)ccc3C2=O)c(F)c1)CS(=O)(=O)c1ccc(Cl)s1. The molecule has 3 heterocycles. The molecule has 0 bridgehead atoms. The summed E-state index contributed by atoms with van der Waals surface area (Å²) in [4.78, 5) is 41.9. The highest BCUT2D eigenvalue weighted by Crippen LogP contribution is 2.30. The predicted molar refractivity (Wildman–Crippen MR) is 157 cm³/mol. The summed E-state index contributed by atoms with van der Waals surface area (Å²) < 4.78 is 40.4. The van der Waals surface area contributed by atoms with Gasteiger partial charge in [0.2, 0.25) is 5.91 Å². The van der Waals surface area contributed by atoms with Crippen LogP contribution >= 0.6 is 22.9 Å². The van der Waals surface area contributed by atoms with Gasteiger partial charge in [-0.1, -0.05) is 24.1 Å². The van der Waals surface area contributed by atoms with Gasteiger partial charge in [-0.15, -0.1) is 11.3 Å². The van der Waals surface area contributed by atoms with Gasteiger partial charge in [0.25, 0.3) is 5.91 Å². The minimum atomic E-state index is -3.86. The van der Waals surface area contributed by atoms with E-state index in [1.165, 1.54) is 43.5 Å². The normalized spacial score (nSPS) is 16.1. The number of nitrogens with one attached hydrogen (secondary N) is 1. The van der Waals surface area contributed by atoms with Crippen LogP contribution in [0.4, 0.5) is 15.8 Å². The number of anilines is 2. The molecule has 2 aliphatic heterocycles. The molecular formula is C29H29ClFN3O5S2. The van der Waals surface area contributed by atoms with E-state index in [4.69, 9.17) is 11.6 Å². The fourth-order valence-electron chi connectivity index (χ4n) is 5.19. The second-order valence-electron chi connectivity index (χ2n) is 10.2. The summed E-state index contributed by atoms with van der Waals surface area (Å²) in [5.41, 5.74) is 1.73. The number of likely N-dealkylation sites (tertiary alicyclic amines) is 1. The molecule has 3 aromatic rings. The van der Waals surface area contributed by atoms with E-state index in [1.54, 1.807) is 18.2 Å². The number of hydrogen-bond acceptors (Lipinski definition) is 8. The van der Waals surface area contributed by atoms with Crippen molar-refractivity contribution >= 4 is 61.7 Å². The maximum atomic E-state index is 15.2. The largest absolute Gasteiger partial charge is 0.384 e. The number of halogens is 2. The third kappa shape index (κ3) is 6.86. The van der Waals surface area contributed by atoms with Gasteiger partial charge in [-0.05, 0) is 79.5 Å². The number of nitrogens with zero attached hydrogens (tertiary/aromatic N) is 2. The van der Waals surface area contributed by atoms with Crippen molar-refractivity contribution in [2.75, 3.05) is 42.1 Å². The first-order chi connectivity index (χ1) is 19.6. The second-order valence-corrected chi connectivity index (χ2v) is 14.2. The van der Waals surface area contributed by atoms with Crippen molar-refractivity contribution < 1.29 is 27.2 Å². The Morgan fingerprint density at radius 2 is 1.80 bits per heavy atom. The van der Waals surface area contributed by atoms with Crippen LogP contribution in [0.3, 0.4) is 0 Å². The van der Waals surface area contributed by atoms with Crippen molar-refractivity contribution in [3.8, 4) is 0 Å². The molecule has 2 amide bonds. The van der Waals surface area contributed by atoms with Crippen LogP contribution in [0.1, 0.15) is 40.7 Å². The average Bonchev–Trinajstić information content (AvgIpc) is 3.37. The van der Waals surface area contributed by atoms with E-state index >= 15 is 4.39 Å². The monoisotopic (exact) mass is 617 g/mol. The van der Waals surface area contributed by atoms with E-state index in [1.807, 2.05) is 0 Å². The van der Waals surface area contributed by atoms with Crippen LogP contribution in [0.2, 0.25) is 4.34 Å². The van der Waals surface area contributed by atoms with Gasteiger partial charge in [-0.25, -0.2) is 17.7 Å². The summed E-state index contributed by atoms with van der Waals surface area (Å²) in [7, 11) is -3.86. The second kappa shape index (κ2) is 12.4. The maximum Gasteiger partial charge on any atom is 0.265 e. The summed E-state index contributed by atoms with van der Waals surface area (Å²) >= 11 is 6.66. The molecule has 0 aliphatic carbocycles. The highest BCUT2D eigenvalue weighted by molar-refractivity contribution is 7.94. The molecular weight excluding hydrogens is 589 g/mol. The molecule has 12 heteroatoms. The van der Waals surface area contributed by atoms with Crippen molar-refractivity contribution in [3.05, 3.63) is 75.4 Å². The number of ketones is 1. The van der Waals surface area contributed by atoms with E-state index in [0.717, 1.165) is 54.2 Å². The average molecular weight is 618 g/mol. The lowest BCUT2D eigenvalue weighted by molar-refractivity contribution is -0.118. The van der Waals surface area contributed by atoms with Crippen LogP contribution < -0.4 is 10.2 Å². The van der Waals surface area contributed by atoms with Gasteiger partial charge in [0, 0.05) is 30.8 Å². The summed E-state index contributed by atoms with van der Waals surface area (Å²) in [5, 5.41) is 3.36. The molecule has 0 spiro atoms. The number of piperidine rings is 1. The Hall–Kier alpha value is -3.12. The Morgan fingerprint density at radius 3 is 2.51 bits per heavy atom. The first kappa shape index (κ1) is 29.4. The molecule has 216 valence electrons. The van der Waals surface area contributed by atoms with Crippen molar-refractivity contribution in [1.82, 2.24) is 4.90 Å². The van der Waals surface area contributed by atoms with E-state index in [9.17, 15) is 22.8 Å². The fraction of sp³-hybridized carbons (Fsp3) is 0.345. The van der Waals surface area contributed by atoms with E-state index in [0.29, 0.717) is 15.5 Å². The lowest BCUT2D eigenvalue weighted by Crippen LogP contribution is -2.43. The first-order valence-corrected chi connectivity index (χ1v) is 16.2. The van der Waals surface area contributed by atoms with Gasteiger partial charge in [0.1, 0.15) is 15.8 Å². The molecule has 1 fully saturated rings. The van der Waals surface area contributed by atoms with Crippen LogP contribution in [0.25, 0.3) is 0 Å². The lowest BCUT2D eigenvalue weighted by Gasteiger charge is -2.28. The number of sulfone groups is 1. The van der Waals surface area contributed by atoms with Gasteiger partial charge < -0.3 is 10.2 Å². The molecule has 0 atom stereocenters. The fourth-order valence-corrected chi connectivity index (χ4v) is 8.00. The topological polar surface area (TPSA) is 104 Å². The van der Waals surface area contributed by atoms with Gasteiger partial charge in [-0.2, -0.15) is 0 Å². The molecule has 1 N–H and O–H groups in total. The number of benzene rings is 2. The van der Waals surface area contributed by atoms with Crippen molar-refractivity contribution in [1.29, 1.82) is 0 Å². The number of hydrogen-bond donors (Lipinski definition) is 1. The summed E-state index contributed by atoms with van der Waals surface area (Å²) in [6.45, 7) is 3.88. The Kier molecular flexibility index (Phi) is 8.88. The van der Waals surface area contributed by atoms with Crippen LogP contribution in [0.5, 0.6) is 0 Å². The Morgan fingerprint density at radius 1 is 1.02 bits per heavy atom. The number of thiophene rings is 1. The molecule has 0 radical (unpaired) electrons. The lowest BCUT2D eigenvalue weighted by atomic mass is 9.96. The first-order valence-electron chi connectivity index (χ1n) is 13.4. The number of carbonyl (C=O) groups excluding carboxylic acids is 3. The van der Waals surface area contributed by atoms with Crippen LogP contribution in [0.15, 0.2) is 52.7 Å². The molecule has 5 rings (SSSR count). The quantitative estimate of drug-likeness (QED) is 0.327. The minimum Gasteiger partial charge on any atom is -0.384 e. The number of rotatable bonds is 10. The third-order valence-corrected chi connectivity index (χ3v) is 10.7. The van der Waals surface area contributed by atoms with Gasteiger partial charge >= 0.3 is 0 Å². The highest BCUT2D eigenvalue weighted by atomic mass is 35.5. The molecule has 0 unspecified atom stereocenters. The van der Waals surface area contributed by atoms with Crippen LogP contribution in [-0.2, 0) is 32.3 Å². The number of fused-ring (bicyclic) bond motifs is 1. The molecule has 41 heavy (non-hydrogen) atoms. The number of Topliss-reactive ketones (excluding diaryl/α,β-unsaturated/α-hetero) is 1. The Labute approximate surface area is 247 Å². The maximum absolute atomic E-state index is 15.2. The Balaban J connectivity index is 1.23. The Bertz CT molecular complexity index is 1600. The minimum absolute atomic E-state index is 0.0138. The molecule has 2 aromatic carbocycles. The number of imide groups is 1. The smallest absolute Gasteiger partial charge is 0.265 e. The standard InChI is InChI=1S/C29H29ClFN3O5S2/c30-26-8-9-28(40-26)41(38,39)18-22(35)14-19-4-7-25(24(31)15-19)34-27(36)17-20-16-21(5-6-23(20)29(34)37)32-10-13-33-11-2-1-3-12-33/h4-9,15-16,32H,1-3,10-14,17-18H2. The predicted octanol–water partition coefficient (Wildman–Crippen LogP) is 4.75. The van der Waals surface area contributed by atoms with Crippen LogP contribution in [-0.4, -0.2) is 62.8 Å². The molecule has 2 aliphatic rings. The summed E-state index contributed by atoms with van der Waals surface area (Å²) in [6, 6.07) is 11.7. The van der Waals surface area contributed by atoms with Crippen molar-refractivity contribution in [2.45, 2.75) is 36.3 Å². The van der Waals surface area contributed by atoms with E-state index in [-0.39, 0.29) is 28.3 Å². The molecule has 1 saturated heterocycles. The molecule has 0 saturated carbocycles. The van der Waals surface area contributed by atoms with Crippen molar-refractivity contribution in [3.63, 3.8) is 0 Å². The van der Waals surface area contributed by atoms with Gasteiger partial charge in [0.15, 0.2) is 15.6 Å². The van der Waals surface area contributed by atoms with E-state index in [2.05, 4.69) is 10.2 Å². The van der Waals surface area contributed by atoms with Gasteiger partial charge in [0.05, 0.1) is 16.4 Å². The number of carbonyl (C=O) groups is 3. The third-order valence-electron chi connectivity index (χ3n) is 7.20. The number of amides is 2. The van der Waals surface area contributed by atoms with E-state index < -0.39 is 39.0 Å². The van der Waals surface area contributed by atoms with Gasteiger partial charge in [-0.3, -0.25) is 14.4 Å².